The summed E-state index contributed by atoms with van der Waals surface area (Å²) < 4.78 is 25.3. The molecule has 0 bridgehead atoms. The van der Waals surface area contributed by atoms with Crippen LogP contribution in [0.15, 0.2) is 10.7 Å². The molecule has 1 heterocycles. The Kier molecular flexibility index (Phi) is 3.72. The quantitative estimate of drug-likeness (QED) is 0.460. The van der Waals surface area contributed by atoms with E-state index >= 15 is 0 Å². The molecule has 0 aliphatic rings. The maximum atomic E-state index is 12.4. The lowest BCUT2D eigenvalue weighted by atomic mass is 10.2. The highest BCUT2D eigenvalue weighted by molar-refractivity contribution is 14.1. The zero-order chi connectivity index (χ0) is 10.0. The number of hydrogen-bond donors (Lipinski definition) is 0. The summed E-state index contributed by atoms with van der Waals surface area (Å²) in [6.45, 7) is 0. The van der Waals surface area contributed by atoms with Crippen molar-refractivity contribution in [2.75, 3.05) is 0 Å². The number of nitrogens with zero attached hydrogens (tertiary/aromatic N) is 1. The standard InChI is InChI=1S/C7H3BrF2INO/c8-6-4(2-13)3(7(9)10)1-5(11)12-6/h1-2,7H. The van der Waals surface area contributed by atoms with Crippen LogP contribution in [-0.2, 0) is 0 Å². The molecule has 0 fully saturated rings. The molecule has 0 aromatic carbocycles. The Bertz CT molecular complexity index is 346. The van der Waals surface area contributed by atoms with E-state index in [1.807, 2.05) is 22.6 Å². The van der Waals surface area contributed by atoms with E-state index in [-0.39, 0.29) is 15.7 Å². The van der Waals surface area contributed by atoms with Crippen LogP contribution in [0, 0.1) is 3.70 Å². The van der Waals surface area contributed by atoms with E-state index < -0.39 is 6.43 Å². The van der Waals surface area contributed by atoms with Crippen LogP contribution < -0.4 is 0 Å². The first-order chi connectivity index (χ1) is 6.06. The Labute approximate surface area is 95.0 Å². The van der Waals surface area contributed by atoms with Gasteiger partial charge in [0.2, 0.25) is 0 Å². The van der Waals surface area contributed by atoms with E-state index in [1.165, 1.54) is 6.07 Å². The van der Waals surface area contributed by atoms with Crippen LogP contribution in [0.5, 0.6) is 0 Å². The van der Waals surface area contributed by atoms with Gasteiger partial charge in [-0.15, -0.1) is 0 Å². The number of hydrogen-bond acceptors (Lipinski definition) is 2. The highest BCUT2D eigenvalue weighted by atomic mass is 127. The summed E-state index contributed by atoms with van der Waals surface area (Å²) in [6, 6.07) is 1.19. The second-order valence-corrected chi connectivity index (χ2v) is 4.01. The lowest BCUT2D eigenvalue weighted by Crippen LogP contribution is -1.98. The molecule has 0 amide bonds. The van der Waals surface area contributed by atoms with Crippen molar-refractivity contribution >= 4 is 44.8 Å². The maximum absolute atomic E-state index is 12.4. The largest absolute Gasteiger partial charge is 0.298 e. The van der Waals surface area contributed by atoms with Crippen molar-refractivity contribution < 1.29 is 13.6 Å². The van der Waals surface area contributed by atoms with Crippen LogP contribution in [0.4, 0.5) is 8.78 Å². The minimum Gasteiger partial charge on any atom is -0.298 e. The smallest absolute Gasteiger partial charge is 0.264 e. The Balaban J connectivity index is 3.38. The van der Waals surface area contributed by atoms with Crippen LogP contribution >= 0.6 is 38.5 Å². The molecule has 70 valence electrons. The van der Waals surface area contributed by atoms with Gasteiger partial charge in [0.05, 0.1) is 5.56 Å². The van der Waals surface area contributed by atoms with Gasteiger partial charge in [-0.2, -0.15) is 0 Å². The summed E-state index contributed by atoms with van der Waals surface area (Å²) in [6.07, 6.45) is -2.29. The third kappa shape index (κ3) is 2.43. The van der Waals surface area contributed by atoms with Gasteiger partial charge >= 0.3 is 0 Å². The molecule has 0 saturated heterocycles. The highest BCUT2D eigenvalue weighted by Gasteiger charge is 2.16. The van der Waals surface area contributed by atoms with Gasteiger partial charge in [0.1, 0.15) is 8.30 Å². The number of aromatic nitrogens is 1. The third-order valence-electron chi connectivity index (χ3n) is 1.37. The maximum Gasteiger partial charge on any atom is 0.264 e. The van der Waals surface area contributed by atoms with Crippen LogP contribution in [0.3, 0.4) is 0 Å². The van der Waals surface area contributed by atoms with Gasteiger partial charge in [-0.3, -0.25) is 4.79 Å². The van der Waals surface area contributed by atoms with Gasteiger partial charge in [-0.25, -0.2) is 13.8 Å². The summed E-state index contributed by atoms with van der Waals surface area (Å²) in [5.41, 5.74) is -0.378. The minimum absolute atomic E-state index is 0.0876. The number of carbonyl (C=O) groups is 1. The molecular formula is C7H3BrF2INO. The first-order valence-electron chi connectivity index (χ1n) is 3.15. The number of pyridine rings is 1. The molecule has 1 rings (SSSR count). The van der Waals surface area contributed by atoms with Crippen molar-refractivity contribution in [3.8, 4) is 0 Å². The topological polar surface area (TPSA) is 30.0 Å². The fourth-order valence-corrected chi connectivity index (χ4v) is 2.23. The van der Waals surface area contributed by atoms with E-state index in [4.69, 9.17) is 0 Å². The molecule has 13 heavy (non-hydrogen) atoms. The molecule has 1 aromatic rings. The molecule has 2 nitrogen and oxygen atoms in total. The molecule has 0 atom stereocenters. The SMILES string of the molecule is O=Cc1c(C(F)F)cc(I)nc1Br. The summed E-state index contributed by atoms with van der Waals surface area (Å²) in [5, 5.41) is 0. The van der Waals surface area contributed by atoms with Gasteiger partial charge < -0.3 is 0 Å². The second-order valence-electron chi connectivity index (χ2n) is 2.16. The Hall–Kier alpha value is -0.110. The van der Waals surface area contributed by atoms with Gasteiger partial charge in [-0.05, 0) is 44.6 Å². The van der Waals surface area contributed by atoms with E-state index in [0.717, 1.165) is 0 Å². The molecule has 0 unspecified atom stereocenters. The number of carbonyl (C=O) groups excluding carboxylic acids is 1. The van der Waals surface area contributed by atoms with Crippen LogP contribution in [0.1, 0.15) is 22.3 Å². The number of aldehydes is 1. The number of alkyl halides is 2. The minimum atomic E-state index is -2.66. The Morgan fingerprint density at radius 1 is 1.62 bits per heavy atom. The first kappa shape index (κ1) is 11.0. The zero-order valence-electron chi connectivity index (χ0n) is 6.10. The molecule has 0 aliphatic heterocycles. The van der Waals surface area contributed by atoms with E-state index in [9.17, 15) is 13.6 Å². The van der Waals surface area contributed by atoms with Crippen molar-refractivity contribution in [1.29, 1.82) is 0 Å². The molecule has 0 N–H and O–H groups in total. The van der Waals surface area contributed by atoms with Crippen LogP contribution in [0.25, 0.3) is 0 Å². The molecular weight excluding hydrogens is 359 g/mol. The second kappa shape index (κ2) is 4.41. The highest BCUT2D eigenvalue weighted by Crippen LogP contribution is 2.27. The fourth-order valence-electron chi connectivity index (χ4n) is 0.809. The lowest BCUT2D eigenvalue weighted by molar-refractivity contribution is 0.110. The first-order valence-corrected chi connectivity index (χ1v) is 5.02. The summed E-state index contributed by atoms with van der Waals surface area (Å²) in [4.78, 5) is 14.3. The van der Waals surface area contributed by atoms with Gasteiger partial charge in [0.15, 0.2) is 6.29 Å². The average molecular weight is 362 g/mol. The van der Waals surface area contributed by atoms with E-state index in [2.05, 4.69) is 20.9 Å². The summed E-state index contributed by atoms with van der Waals surface area (Å²) >= 11 is 4.75. The molecule has 0 radical (unpaired) electrons. The van der Waals surface area contributed by atoms with Crippen molar-refractivity contribution in [3.05, 3.63) is 25.5 Å². The van der Waals surface area contributed by atoms with E-state index in [0.29, 0.717) is 9.99 Å². The number of rotatable bonds is 2. The predicted molar refractivity (Wildman–Crippen MR) is 55.0 cm³/mol. The predicted octanol–water partition coefficient (Wildman–Crippen LogP) is 3.20. The van der Waals surface area contributed by atoms with Crippen LogP contribution in [0.2, 0.25) is 0 Å². The van der Waals surface area contributed by atoms with Gasteiger partial charge in [0, 0.05) is 5.56 Å². The van der Waals surface area contributed by atoms with Crippen molar-refractivity contribution in [2.24, 2.45) is 0 Å². The number of halogens is 4. The zero-order valence-corrected chi connectivity index (χ0v) is 9.84. The Morgan fingerprint density at radius 2 is 2.23 bits per heavy atom. The van der Waals surface area contributed by atoms with Gasteiger partial charge in [-0.1, -0.05) is 0 Å². The lowest BCUT2D eigenvalue weighted by Gasteiger charge is -2.05. The average Bonchev–Trinajstić information content (AvgIpc) is 2.02. The molecule has 6 heteroatoms. The summed E-state index contributed by atoms with van der Waals surface area (Å²) in [7, 11) is 0. The van der Waals surface area contributed by atoms with Crippen LogP contribution in [-0.4, -0.2) is 11.3 Å². The molecule has 0 saturated carbocycles. The van der Waals surface area contributed by atoms with Gasteiger partial charge in [0.25, 0.3) is 6.43 Å². The monoisotopic (exact) mass is 361 g/mol. The van der Waals surface area contributed by atoms with Crippen molar-refractivity contribution in [1.82, 2.24) is 4.98 Å². The van der Waals surface area contributed by atoms with E-state index in [1.54, 1.807) is 0 Å². The fraction of sp³-hybridized carbons (Fsp3) is 0.143. The molecule has 0 aliphatic carbocycles. The third-order valence-corrected chi connectivity index (χ3v) is 2.52. The summed E-state index contributed by atoms with van der Waals surface area (Å²) in [5.74, 6) is 0. The van der Waals surface area contributed by atoms with Crippen molar-refractivity contribution in [3.63, 3.8) is 0 Å². The molecule has 0 spiro atoms. The normalized spacial score (nSPS) is 10.5. The Morgan fingerprint density at radius 3 is 2.69 bits per heavy atom. The molecule has 1 aromatic heterocycles. The van der Waals surface area contributed by atoms with Crippen molar-refractivity contribution in [2.45, 2.75) is 6.43 Å².